The molecule has 2 aromatic carbocycles. The summed E-state index contributed by atoms with van der Waals surface area (Å²) < 4.78 is 10.4. The summed E-state index contributed by atoms with van der Waals surface area (Å²) >= 11 is 0. The van der Waals surface area contributed by atoms with Gasteiger partial charge in [0, 0.05) is 11.6 Å². The van der Waals surface area contributed by atoms with Crippen LogP contribution in [0.3, 0.4) is 0 Å². The van der Waals surface area contributed by atoms with E-state index in [1.165, 1.54) is 5.57 Å². The quantitative estimate of drug-likeness (QED) is 0.594. The summed E-state index contributed by atoms with van der Waals surface area (Å²) in [6.07, 6.45) is 6.80. The van der Waals surface area contributed by atoms with Gasteiger partial charge in [-0.1, -0.05) is 35.9 Å². The summed E-state index contributed by atoms with van der Waals surface area (Å²) in [5.74, 6) is 1.72. The van der Waals surface area contributed by atoms with Crippen LogP contribution in [0.5, 0.6) is 17.2 Å². The van der Waals surface area contributed by atoms with E-state index in [0.29, 0.717) is 12.2 Å². The second-order valence-electron chi connectivity index (χ2n) is 5.81. The lowest BCUT2D eigenvalue weighted by Crippen LogP contribution is -1.92. The van der Waals surface area contributed by atoms with E-state index in [1.54, 1.807) is 20.3 Å². The molecule has 3 nitrogen and oxygen atoms in total. The molecule has 3 heteroatoms. The molecule has 0 spiro atoms. The largest absolute Gasteiger partial charge is 0.507 e. The fourth-order valence-electron chi connectivity index (χ4n) is 2.35. The molecule has 24 heavy (non-hydrogen) atoms. The average molecular weight is 324 g/mol. The Balaban J connectivity index is 2.36. The standard InChI is InChI=1S/C21H24O3/c1-15(2)5-12-20-17(13-19(24-4)14-21(20)22)9-6-16-7-10-18(23-3)11-8-16/h5-11,13-14,22H,12H2,1-4H3. The van der Waals surface area contributed by atoms with Gasteiger partial charge in [0.05, 0.1) is 14.2 Å². The first kappa shape index (κ1) is 17.7. The fourth-order valence-corrected chi connectivity index (χ4v) is 2.35. The van der Waals surface area contributed by atoms with Gasteiger partial charge in [-0.15, -0.1) is 0 Å². The van der Waals surface area contributed by atoms with Crippen LogP contribution in [0.15, 0.2) is 48.0 Å². The van der Waals surface area contributed by atoms with Gasteiger partial charge in [0.1, 0.15) is 17.2 Å². The van der Waals surface area contributed by atoms with Crippen LogP contribution < -0.4 is 9.47 Å². The van der Waals surface area contributed by atoms with Crippen molar-refractivity contribution in [2.24, 2.45) is 0 Å². The van der Waals surface area contributed by atoms with E-state index in [0.717, 1.165) is 22.4 Å². The average Bonchev–Trinajstić information content (AvgIpc) is 2.58. The molecule has 126 valence electrons. The lowest BCUT2D eigenvalue weighted by Gasteiger charge is -2.10. The zero-order chi connectivity index (χ0) is 17.5. The maximum atomic E-state index is 10.3. The Morgan fingerprint density at radius 1 is 0.958 bits per heavy atom. The molecule has 0 heterocycles. The first-order chi connectivity index (χ1) is 11.5. The molecule has 0 aromatic heterocycles. The Kier molecular flexibility index (Phi) is 6.07. The zero-order valence-electron chi connectivity index (χ0n) is 14.7. The lowest BCUT2D eigenvalue weighted by atomic mass is 10.0. The molecule has 1 N–H and O–H groups in total. The summed E-state index contributed by atoms with van der Waals surface area (Å²) in [6, 6.07) is 11.4. The smallest absolute Gasteiger partial charge is 0.123 e. The van der Waals surface area contributed by atoms with Gasteiger partial charge < -0.3 is 14.6 Å². The van der Waals surface area contributed by atoms with Crippen molar-refractivity contribution in [3.8, 4) is 17.2 Å². The molecule has 0 bridgehead atoms. The predicted octanol–water partition coefficient (Wildman–Crippen LogP) is 5.09. The monoisotopic (exact) mass is 324 g/mol. The van der Waals surface area contributed by atoms with Crippen LogP contribution in [0.1, 0.15) is 30.5 Å². The summed E-state index contributed by atoms with van der Waals surface area (Å²) in [5.41, 5.74) is 4.11. The fraction of sp³-hybridized carbons (Fsp3) is 0.238. The second-order valence-corrected chi connectivity index (χ2v) is 5.81. The molecule has 0 saturated carbocycles. The molecule has 0 aliphatic rings. The van der Waals surface area contributed by atoms with E-state index < -0.39 is 0 Å². The first-order valence-corrected chi connectivity index (χ1v) is 7.89. The molecule has 0 amide bonds. The maximum Gasteiger partial charge on any atom is 0.123 e. The van der Waals surface area contributed by atoms with Crippen LogP contribution in [-0.2, 0) is 6.42 Å². The van der Waals surface area contributed by atoms with Crippen LogP contribution in [0.2, 0.25) is 0 Å². The van der Waals surface area contributed by atoms with Gasteiger partial charge >= 0.3 is 0 Å². The minimum atomic E-state index is 0.251. The number of benzene rings is 2. The molecule has 2 rings (SSSR count). The van der Waals surface area contributed by atoms with Crippen LogP contribution in [0.25, 0.3) is 12.2 Å². The minimum absolute atomic E-state index is 0.251. The SMILES string of the molecule is COc1ccc(C=Cc2cc(OC)cc(O)c2CC=C(C)C)cc1. The minimum Gasteiger partial charge on any atom is -0.507 e. The van der Waals surface area contributed by atoms with Gasteiger partial charge in [0.15, 0.2) is 0 Å². The highest BCUT2D eigenvalue weighted by Gasteiger charge is 2.08. The third kappa shape index (κ3) is 4.66. The van der Waals surface area contributed by atoms with Crippen molar-refractivity contribution in [2.45, 2.75) is 20.3 Å². The molecule has 0 saturated heterocycles. The Bertz CT molecular complexity index is 736. The molecule has 0 atom stereocenters. The number of rotatable bonds is 6. The molecule has 0 radical (unpaired) electrons. The second kappa shape index (κ2) is 8.25. The summed E-state index contributed by atoms with van der Waals surface area (Å²) in [6.45, 7) is 4.10. The van der Waals surface area contributed by atoms with Crippen molar-refractivity contribution in [3.05, 3.63) is 64.7 Å². The van der Waals surface area contributed by atoms with E-state index in [4.69, 9.17) is 9.47 Å². The van der Waals surface area contributed by atoms with Gasteiger partial charge in [0.2, 0.25) is 0 Å². The highest BCUT2D eigenvalue weighted by molar-refractivity contribution is 5.73. The summed E-state index contributed by atoms with van der Waals surface area (Å²) in [7, 11) is 3.25. The molecule has 2 aromatic rings. The number of hydrogen-bond acceptors (Lipinski definition) is 3. The van der Waals surface area contributed by atoms with E-state index >= 15 is 0 Å². The zero-order valence-corrected chi connectivity index (χ0v) is 14.7. The highest BCUT2D eigenvalue weighted by atomic mass is 16.5. The van der Waals surface area contributed by atoms with Crippen molar-refractivity contribution in [3.63, 3.8) is 0 Å². The Hall–Kier alpha value is -2.68. The van der Waals surface area contributed by atoms with Crippen LogP contribution in [0.4, 0.5) is 0 Å². The van der Waals surface area contributed by atoms with Gasteiger partial charge in [-0.25, -0.2) is 0 Å². The number of methoxy groups -OCH3 is 2. The highest BCUT2D eigenvalue weighted by Crippen LogP contribution is 2.30. The lowest BCUT2D eigenvalue weighted by molar-refractivity contribution is 0.406. The van der Waals surface area contributed by atoms with Crippen molar-refractivity contribution < 1.29 is 14.6 Å². The van der Waals surface area contributed by atoms with Gasteiger partial charge in [-0.05, 0) is 49.6 Å². The van der Waals surface area contributed by atoms with E-state index in [2.05, 4.69) is 6.08 Å². The van der Waals surface area contributed by atoms with Crippen molar-refractivity contribution in [1.29, 1.82) is 0 Å². The normalized spacial score (nSPS) is 10.7. The third-order valence-electron chi connectivity index (χ3n) is 3.76. The van der Waals surface area contributed by atoms with Gasteiger partial charge in [-0.3, -0.25) is 0 Å². The molecular weight excluding hydrogens is 300 g/mol. The topological polar surface area (TPSA) is 38.7 Å². The summed E-state index contributed by atoms with van der Waals surface area (Å²) in [5, 5.41) is 10.3. The molecular formula is C21H24O3. The van der Waals surface area contributed by atoms with E-state index in [-0.39, 0.29) is 5.75 Å². The van der Waals surface area contributed by atoms with E-state index in [9.17, 15) is 5.11 Å². The first-order valence-electron chi connectivity index (χ1n) is 7.89. The number of phenols is 1. The van der Waals surface area contributed by atoms with Gasteiger partial charge in [0.25, 0.3) is 0 Å². The number of ether oxygens (including phenoxy) is 2. The number of phenolic OH excluding ortho intramolecular Hbond substituents is 1. The number of hydrogen-bond donors (Lipinski definition) is 1. The van der Waals surface area contributed by atoms with Crippen LogP contribution >= 0.6 is 0 Å². The molecule has 0 unspecified atom stereocenters. The summed E-state index contributed by atoms with van der Waals surface area (Å²) in [4.78, 5) is 0. The van der Waals surface area contributed by atoms with Crippen molar-refractivity contribution in [2.75, 3.05) is 14.2 Å². The van der Waals surface area contributed by atoms with Crippen molar-refractivity contribution in [1.82, 2.24) is 0 Å². The molecule has 0 aliphatic heterocycles. The van der Waals surface area contributed by atoms with Gasteiger partial charge in [-0.2, -0.15) is 0 Å². The molecule has 0 fully saturated rings. The van der Waals surface area contributed by atoms with Crippen molar-refractivity contribution >= 4 is 12.2 Å². The number of allylic oxidation sites excluding steroid dienone is 2. The number of aromatic hydroxyl groups is 1. The Morgan fingerprint density at radius 2 is 1.62 bits per heavy atom. The van der Waals surface area contributed by atoms with Crippen LogP contribution in [-0.4, -0.2) is 19.3 Å². The third-order valence-corrected chi connectivity index (χ3v) is 3.76. The Labute approximate surface area is 143 Å². The van der Waals surface area contributed by atoms with Crippen LogP contribution in [0, 0.1) is 0 Å². The molecule has 0 aliphatic carbocycles. The maximum absolute atomic E-state index is 10.3. The Morgan fingerprint density at radius 3 is 2.21 bits per heavy atom. The predicted molar refractivity (Wildman–Crippen MR) is 99.7 cm³/mol. The van der Waals surface area contributed by atoms with E-state index in [1.807, 2.05) is 56.3 Å².